The predicted octanol–water partition coefficient (Wildman–Crippen LogP) is 5.53. The molecule has 3 nitrogen and oxygen atoms in total. The molecule has 0 radical (unpaired) electrons. The molecular formula is C14H9Cl3FNO2. The number of hydrogen-bond donors (Lipinski definition) is 1. The second-order valence-electron chi connectivity index (χ2n) is 4.07. The molecule has 0 aliphatic carbocycles. The fourth-order valence-electron chi connectivity index (χ4n) is 1.49. The van der Waals surface area contributed by atoms with Crippen LogP contribution in [0, 0.1) is 5.82 Å². The first-order valence-electron chi connectivity index (χ1n) is 5.78. The summed E-state index contributed by atoms with van der Waals surface area (Å²) in [6, 6.07) is 8.45. The lowest BCUT2D eigenvalue weighted by atomic mass is 10.2. The Balaban J connectivity index is 1.96. The van der Waals surface area contributed by atoms with Crippen molar-refractivity contribution in [2.24, 2.45) is 0 Å². The SMILES string of the molecule is O=C(Nc1cc(Cl)c(Cl)cc1Cl)OCc1ccc(F)cc1. The Labute approximate surface area is 135 Å². The van der Waals surface area contributed by atoms with Crippen molar-refractivity contribution >= 4 is 46.6 Å². The van der Waals surface area contributed by atoms with Crippen molar-refractivity contribution in [1.82, 2.24) is 0 Å². The smallest absolute Gasteiger partial charge is 0.412 e. The van der Waals surface area contributed by atoms with Crippen LogP contribution >= 0.6 is 34.8 Å². The minimum Gasteiger partial charge on any atom is -0.444 e. The highest BCUT2D eigenvalue weighted by Gasteiger charge is 2.10. The van der Waals surface area contributed by atoms with Gasteiger partial charge in [-0.3, -0.25) is 5.32 Å². The van der Waals surface area contributed by atoms with Crippen molar-refractivity contribution in [3.8, 4) is 0 Å². The molecule has 2 aromatic carbocycles. The van der Waals surface area contributed by atoms with Crippen LogP contribution in [0.2, 0.25) is 15.1 Å². The van der Waals surface area contributed by atoms with E-state index in [4.69, 9.17) is 39.5 Å². The number of carbonyl (C=O) groups is 1. The van der Waals surface area contributed by atoms with Gasteiger partial charge in [-0.05, 0) is 29.8 Å². The topological polar surface area (TPSA) is 38.3 Å². The molecule has 0 atom stereocenters. The van der Waals surface area contributed by atoms with E-state index >= 15 is 0 Å². The van der Waals surface area contributed by atoms with Gasteiger partial charge in [-0.25, -0.2) is 9.18 Å². The van der Waals surface area contributed by atoms with Gasteiger partial charge in [0.25, 0.3) is 0 Å². The van der Waals surface area contributed by atoms with Gasteiger partial charge in [-0.15, -0.1) is 0 Å². The van der Waals surface area contributed by atoms with E-state index in [9.17, 15) is 9.18 Å². The third-order valence-corrected chi connectivity index (χ3v) is 3.56. The molecule has 0 bridgehead atoms. The molecule has 2 rings (SSSR count). The second-order valence-corrected chi connectivity index (χ2v) is 5.30. The van der Waals surface area contributed by atoms with E-state index < -0.39 is 6.09 Å². The van der Waals surface area contributed by atoms with Crippen LogP contribution in [-0.2, 0) is 11.3 Å². The zero-order valence-electron chi connectivity index (χ0n) is 10.5. The van der Waals surface area contributed by atoms with Gasteiger partial charge < -0.3 is 4.74 Å². The summed E-state index contributed by atoms with van der Waals surface area (Å²) in [5, 5.41) is 3.23. The first-order valence-corrected chi connectivity index (χ1v) is 6.92. The number of carbonyl (C=O) groups excluding carboxylic acids is 1. The number of rotatable bonds is 3. The molecule has 0 saturated heterocycles. The number of hydrogen-bond acceptors (Lipinski definition) is 2. The molecule has 2 aromatic rings. The van der Waals surface area contributed by atoms with Gasteiger partial charge >= 0.3 is 6.09 Å². The molecule has 0 aromatic heterocycles. The summed E-state index contributed by atoms with van der Waals surface area (Å²) in [7, 11) is 0. The summed E-state index contributed by atoms with van der Waals surface area (Å²) in [5.41, 5.74) is 0.946. The van der Waals surface area contributed by atoms with Crippen molar-refractivity contribution < 1.29 is 13.9 Å². The summed E-state index contributed by atoms with van der Waals surface area (Å²) in [4.78, 5) is 11.7. The van der Waals surface area contributed by atoms with Crippen LogP contribution in [0.25, 0.3) is 0 Å². The normalized spacial score (nSPS) is 10.3. The van der Waals surface area contributed by atoms with Gasteiger partial charge in [0.1, 0.15) is 12.4 Å². The maximum Gasteiger partial charge on any atom is 0.412 e. The molecular weight excluding hydrogens is 340 g/mol. The standard InChI is InChI=1S/C14H9Cl3FNO2/c15-10-5-12(17)13(6-11(10)16)19-14(20)21-7-8-1-3-9(18)4-2-8/h1-6H,7H2,(H,19,20). The van der Waals surface area contributed by atoms with Gasteiger partial charge in [-0.2, -0.15) is 0 Å². The van der Waals surface area contributed by atoms with Gasteiger partial charge in [0.15, 0.2) is 0 Å². The lowest BCUT2D eigenvalue weighted by Gasteiger charge is -2.09. The molecule has 21 heavy (non-hydrogen) atoms. The Morgan fingerprint density at radius 1 is 1.05 bits per heavy atom. The Kier molecular flexibility index (Phi) is 5.28. The van der Waals surface area contributed by atoms with E-state index in [1.165, 1.54) is 36.4 Å². The molecule has 0 aliphatic heterocycles. The Morgan fingerprint density at radius 2 is 1.67 bits per heavy atom. The predicted molar refractivity (Wildman–Crippen MR) is 81.7 cm³/mol. The Hall–Kier alpha value is -1.49. The zero-order valence-corrected chi connectivity index (χ0v) is 12.8. The van der Waals surface area contributed by atoms with Crippen LogP contribution in [0.1, 0.15) is 5.56 Å². The number of nitrogens with one attached hydrogen (secondary N) is 1. The van der Waals surface area contributed by atoms with Crippen LogP contribution in [0.4, 0.5) is 14.9 Å². The van der Waals surface area contributed by atoms with E-state index in [0.29, 0.717) is 5.56 Å². The molecule has 0 unspecified atom stereocenters. The average Bonchev–Trinajstić information content (AvgIpc) is 2.44. The van der Waals surface area contributed by atoms with Crippen molar-refractivity contribution in [2.75, 3.05) is 5.32 Å². The minimum absolute atomic E-state index is 0.00501. The molecule has 0 heterocycles. The number of halogens is 4. The van der Waals surface area contributed by atoms with E-state index in [1.54, 1.807) is 0 Å². The van der Waals surface area contributed by atoms with Crippen LogP contribution in [0.3, 0.4) is 0 Å². The van der Waals surface area contributed by atoms with E-state index in [0.717, 1.165) is 0 Å². The molecule has 0 aliphatic rings. The minimum atomic E-state index is -0.709. The molecule has 1 amide bonds. The molecule has 0 spiro atoms. The largest absolute Gasteiger partial charge is 0.444 e. The fourth-order valence-corrected chi connectivity index (χ4v) is 2.09. The maximum atomic E-state index is 12.7. The van der Waals surface area contributed by atoms with Crippen LogP contribution in [0.5, 0.6) is 0 Å². The average molecular weight is 349 g/mol. The van der Waals surface area contributed by atoms with Crippen LogP contribution < -0.4 is 5.32 Å². The fraction of sp³-hybridized carbons (Fsp3) is 0.0714. The van der Waals surface area contributed by atoms with Crippen molar-refractivity contribution in [1.29, 1.82) is 0 Å². The Morgan fingerprint density at radius 3 is 2.33 bits per heavy atom. The number of benzene rings is 2. The molecule has 7 heteroatoms. The molecule has 0 saturated carbocycles. The Bertz CT molecular complexity index is 662. The summed E-state index contributed by atoms with van der Waals surface area (Å²) < 4.78 is 17.7. The van der Waals surface area contributed by atoms with Crippen molar-refractivity contribution in [3.05, 3.63) is 62.8 Å². The van der Waals surface area contributed by atoms with Gasteiger partial charge in [0, 0.05) is 0 Å². The van der Waals surface area contributed by atoms with E-state index in [-0.39, 0.29) is 33.2 Å². The highest BCUT2D eigenvalue weighted by Crippen LogP contribution is 2.32. The first kappa shape index (κ1) is 15.9. The van der Waals surface area contributed by atoms with Gasteiger partial charge in [-0.1, -0.05) is 46.9 Å². The highest BCUT2D eigenvalue weighted by atomic mass is 35.5. The lowest BCUT2D eigenvalue weighted by molar-refractivity contribution is 0.155. The van der Waals surface area contributed by atoms with E-state index in [1.807, 2.05) is 0 Å². The molecule has 1 N–H and O–H groups in total. The van der Waals surface area contributed by atoms with Crippen LogP contribution in [0.15, 0.2) is 36.4 Å². The third-order valence-electron chi connectivity index (χ3n) is 2.53. The second kappa shape index (κ2) is 6.98. The van der Waals surface area contributed by atoms with Crippen molar-refractivity contribution in [3.63, 3.8) is 0 Å². The van der Waals surface area contributed by atoms with Crippen LogP contribution in [-0.4, -0.2) is 6.09 Å². The third kappa shape index (κ3) is 4.49. The summed E-state index contributed by atoms with van der Waals surface area (Å²) >= 11 is 17.5. The van der Waals surface area contributed by atoms with Gasteiger partial charge in [0.2, 0.25) is 0 Å². The monoisotopic (exact) mass is 347 g/mol. The summed E-state index contributed by atoms with van der Waals surface area (Å²) in [5.74, 6) is -0.356. The summed E-state index contributed by atoms with van der Waals surface area (Å²) in [6.45, 7) is 0.00501. The quantitative estimate of drug-likeness (QED) is 0.740. The molecule has 0 fully saturated rings. The maximum absolute atomic E-state index is 12.7. The molecule has 110 valence electrons. The lowest BCUT2D eigenvalue weighted by Crippen LogP contribution is -2.13. The summed E-state index contributed by atoms with van der Waals surface area (Å²) in [6.07, 6.45) is -0.709. The number of amides is 1. The zero-order chi connectivity index (χ0) is 15.4. The first-order chi connectivity index (χ1) is 9.95. The van der Waals surface area contributed by atoms with E-state index in [2.05, 4.69) is 5.32 Å². The van der Waals surface area contributed by atoms with Gasteiger partial charge in [0.05, 0.1) is 20.8 Å². The number of anilines is 1. The number of ether oxygens (including phenoxy) is 1. The highest BCUT2D eigenvalue weighted by molar-refractivity contribution is 6.44. The van der Waals surface area contributed by atoms with Crippen molar-refractivity contribution in [2.45, 2.75) is 6.61 Å².